The SMILES string of the molecule is O=C(Nc1ccc(OC(F)F)c2ncccc12)N1CCN(Cc2ccc(Cl)cn2)CC1. The van der Waals surface area contributed by atoms with E-state index in [2.05, 4.69) is 24.9 Å². The van der Waals surface area contributed by atoms with Gasteiger partial charge in [0, 0.05) is 50.5 Å². The van der Waals surface area contributed by atoms with Crippen LogP contribution in [0.15, 0.2) is 48.8 Å². The van der Waals surface area contributed by atoms with E-state index in [4.69, 9.17) is 11.6 Å². The zero-order valence-corrected chi connectivity index (χ0v) is 17.2. The molecule has 2 aromatic heterocycles. The molecule has 0 spiro atoms. The number of alkyl halides is 2. The second-order valence-corrected chi connectivity index (χ2v) is 7.49. The highest BCUT2D eigenvalue weighted by molar-refractivity contribution is 6.30. The van der Waals surface area contributed by atoms with Crippen molar-refractivity contribution in [3.63, 3.8) is 0 Å². The van der Waals surface area contributed by atoms with E-state index < -0.39 is 6.61 Å². The second-order valence-electron chi connectivity index (χ2n) is 7.05. The summed E-state index contributed by atoms with van der Waals surface area (Å²) in [5.41, 5.74) is 1.68. The van der Waals surface area contributed by atoms with E-state index in [1.807, 2.05) is 12.1 Å². The van der Waals surface area contributed by atoms with Crippen molar-refractivity contribution in [3.05, 3.63) is 59.5 Å². The van der Waals surface area contributed by atoms with Gasteiger partial charge >= 0.3 is 12.6 Å². The average Bonchev–Trinajstić information content (AvgIpc) is 2.77. The Kier molecular flexibility index (Phi) is 6.43. The number of carbonyl (C=O) groups is 1. The predicted molar refractivity (Wildman–Crippen MR) is 113 cm³/mol. The van der Waals surface area contributed by atoms with Crippen molar-refractivity contribution in [3.8, 4) is 5.75 Å². The molecule has 2 amide bonds. The van der Waals surface area contributed by atoms with E-state index in [9.17, 15) is 13.6 Å². The number of benzene rings is 1. The van der Waals surface area contributed by atoms with Crippen LogP contribution in [0.3, 0.4) is 0 Å². The van der Waals surface area contributed by atoms with Crippen LogP contribution in [0.1, 0.15) is 5.69 Å². The molecule has 1 aliphatic heterocycles. The molecule has 0 unspecified atom stereocenters. The van der Waals surface area contributed by atoms with Gasteiger partial charge in [-0.1, -0.05) is 11.6 Å². The summed E-state index contributed by atoms with van der Waals surface area (Å²) in [4.78, 5) is 25.1. The Balaban J connectivity index is 1.39. The fourth-order valence-corrected chi connectivity index (χ4v) is 3.59. The van der Waals surface area contributed by atoms with Crippen molar-refractivity contribution >= 4 is 34.2 Å². The maximum absolute atomic E-state index is 12.8. The van der Waals surface area contributed by atoms with E-state index in [-0.39, 0.29) is 17.3 Å². The molecule has 1 aliphatic rings. The number of halogens is 3. The minimum Gasteiger partial charge on any atom is -0.432 e. The molecule has 0 radical (unpaired) electrons. The van der Waals surface area contributed by atoms with E-state index in [0.29, 0.717) is 48.8 Å². The summed E-state index contributed by atoms with van der Waals surface area (Å²) in [5.74, 6) is -0.0342. The zero-order valence-electron chi connectivity index (χ0n) is 16.5. The molecule has 0 atom stereocenters. The highest BCUT2D eigenvalue weighted by Gasteiger charge is 2.22. The number of pyridine rings is 2. The van der Waals surface area contributed by atoms with Crippen LogP contribution in [0.5, 0.6) is 5.75 Å². The van der Waals surface area contributed by atoms with Crippen molar-refractivity contribution in [2.45, 2.75) is 13.2 Å². The molecule has 1 saturated heterocycles. The first-order valence-corrected chi connectivity index (χ1v) is 10.1. The number of fused-ring (bicyclic) bond motifs is 1. The lowest BCUT2D eigenvalue weighted by molar-refractivity contribution is -0.0489. The quantitative estimate of drug-likeness (QED) is 0.633. The van der Waals surface area contributed by atoms with Crippen LogP contribution in [0, 0.1) is 0 Å². The molecule has 31 heavy (non-hydrogen) atoms. The Hall–Kier alpha value is -3.04. The highest BCUT2D eigenvalue weighted by atomic mass is 35.5. The molecule has 4 rings (SSSR count). The number of carbonyl (C=O) groups excluding carboxylic acids is 1. The van der Waals surface area contributed by atoms with E-state index in [1.54, 1.807) is 29.3 Å². The first-order chi connectivity index (χ1) is 15.0. The van der Waals surface area contributed by atoms with Gasteiger partial charge in [-0.2, -0.15) is 8.78 Å². The molecule has 3 aromatic rings. The van der Waals surface area contributed by atoms with E-state index >= 15 is 0 Å². The Morgan fingerprint density at radius 2 is 1.94 bits per heavy atom. The number of nitrogens with one attached hydrogen (secondary N) is 1. The van der Waals surface area contributed by atoms with Gasteiger partial charge in [0.25, 0.3) is 0 Å². The Labute approximate surface area is 182 Å². The molecule has 10 heteroatoms. The van der Waals surface area contributed by atoms with Crippen LogP contribution in [-0.4, -0.2) is 58.6 Å². The summed E-state index contributed by atoms with van der Waals surface area (Å²) < 4.78 is 29.8. The van der Waals surface area contributed by atoms with Crippen LogP contribution in [0.4, 0.5) is 19.3 Å². The number of amides is 2. The first-order valence-electron chi connectivity index (χ1n) is 9.71. The molecule has 1 N–H and O–H groups in total. The van der Waals surface area contributed by atoms with Gasteiger partial charge in [0.15, 0.2) is 5.75 Å². The number of hydrogen-bond acceptors (Lipinski definition) is 5. The summed E-state index contributed by atoms with van der Waals surface area (Å²) in [5, 5.41) is 3.99. The molecule has 0 aliphatic carbocycles. The molecule has 7 nitrogen and oxygen atoms in total. The van der Waals surface area contributed by atoms with Gasteiger partial charge in [-0.15, -0.1) is 0 Å². The third kappa shape index (κ3) is 5.18. The van der Waals surface area contributed by atoms with Crippen LogP contribution in [0.2, 0.25) is 5.02 Å². The van der Waals surface area contributed by atoms with Gasteiger partial charge in [0.2, 0.25) is 0 Å². The second kappa shape index (κ2) is 9.40. The standard InChI is InChI=1S/C21H20ClF2N5O2/c22-14-3-4-15(26-12-14)13-28-8-10-29(11-9-28)21(30)27-17-5-6-18(31-20(23)24)19-16(17)2-1-7-25-19/h1-7,12,20H,8-11,13H2,(H,27,30). The molecule has 0 bridgehead atoms. The number of aromatic nitrogens is 2. The summed E-state index contributed by atoms with van der Waals surface area (Å²) in [6, 6.07) is 9.75. The number of anilines is 1. The molecule has 0 saturated carbocycles. The lowest BCUT2D eigenvalue weighted by Crippen LogP contribution is -2.49. The largest absolute Gasteiger partial charge is 0.432 e. The maximum Gasteiger partial charge on any atom is 0.387 e. The fraction of sp³-hybridized carbons (Fsp3) is 0.286. The smallest absolute Gasteiger partial charge is 0.387 e. The molecule has 1 aromatic carbocycles. The third-order valence-electron chi connectivity index (χ3n) is 5.02. The molecule has 3 heterocycles. The van der Waals surface area contributed by atoms with Crippen LogP contribution in [-0.2, 0) is 6.54 Å². The number of ether oxygens (including phenoxy) is 1. The fourth-order valence-electron chi connectivity index (χ4n) is 3.48. The molecular weight excluding hydrogens is 428 g/mol. The monoisotopic (exact) mass is 447 g/mol. The number of nitrogens with zero attached hydrogens (tertiary/aromatic N) is 4. The van der Waals surface area contributed by atoms with E-state index in [1.165, 1.54) is 12.3 Å². The number of hydrogen-bond donors (Lipinski definition) is 1. The Morgan fingerprint density at radius 3 is 2.65 bits per heavy atom. The molecule has 1 fully saturated rings. The van der Waals surface area contributed by atoms with Crippen LogP contribution in [0.25, 0.3) is 10.9 Å². The normalized spacial score (nSPS) is 14.8. The summed E-state index contributed by atoms with van der Waals surface area (Å²) in [6.07, 6.45) is 3.11. The number of piperazine rings is 1. The topological polar surface area (TPSA) is 70.6 Å². The maximum atomic E-state index is 12.8. The van der Waals surface area contributed by atoms with Crippen LogP contribution < -0.4 is 10.1 Å². The van der Waals surface area contributed by atoms with Gasteiger partial charge in [0.05, 0.1) is 16.4 Å². The predicted octanol–water partition coefficient (Wildman–Crippen LogP) is 4.23. The lowest BCUT2D eigenvalue weighted by atomic mass is 10.1. The average molecular weight is 448 g/mol. The van der Waals surface area contributed by atoms with Crippen molar-refractivity contribution in [1.29, 1.82) is 0 Å². The lowest BCUT2D eigenvalue weighted by Gasteiger charge is -2.34. The first kappa shape index (κ1) is 21.2. The summed E-state index contributed by atoms with van der Waals surface area (Å²) in [6.45, 7) is 0.270. The van der Waals surface area contributed by atoms with Gasteiger partial charge < -0.3 is 15.0 Å². The summed E-state index contributed by atoms with van der Waals surface area (Å²) >= 11 is 5.87. The van der Waals surface area contributed by atoms with E-state index in [0.717, 1.165) is 5.69 Å². The van der Waals surface area contributed by atoms with Crippen molar-refractivity contribution in [2.75, 3.05) is 31.5 Å². The number of urea groups is 1. The van der Waals surface area contributed by atoms with Gasteiger partial charge in [-0.05, 0) is 36.4 Å². The van der Waals surface area contributed by atoms with Crippen LogP contribution >= 0.6 is 11.6 Å². The summed E-state index contributed by atoms with van der Waals surface area (Å²) in [7, 11) is 0. The molecule has 162 valence electrons. The Morgan fingerprint density at radius 1 is 1.13 bits per heavy atom. The number of rotatable bonds is 5. The highest BCUT2D eigenvalue weighted by Crippen LogP contribution is 2.31. The van der Waals surface area contributed by atoms with Gasteiger partial charge in [0.1, 0.15) is 5.52 Å². The van der Waals surface area contributed by atoms with Crippen molar-refractivity contribution in [1.82, 2.24) is 19.8 Å². The zero-order chi connectivity index (χ0) is 21.8. The Bertz CT molecular complexity index is 1060. The minimum absolute atomic E-state index is 0.0342. The van der Waals surface area contributed by atoms with Gasteiger partial charge in [-0.25, -0.2) is 4.79 Å². The van der Waals surface area contributed by atoms with Crippen molar-refractivity contribution in [2.24, 2.45) is 0 Å². The van der Waals surface area contributed by atoms with Gasteiger partial charge in [-0.3, -0.25) is 14.9 Å². The molecular formula is C21H20ClF2N5O2. The minimum atomic E-state index is -2.95. The van der Waals surface area contributed by atoms with Crippen molar-refractivity contribution < 1.29 is 18.3 Å². The third-order valence-corrected chi connectivity index (χ3v) is 5.25.